The summed E-state index contributed by atoms with van der Waals surface area (Å²) in [5.41, 5.74) is 4.21. The van der Waals surface area contributed by atoms with Crippen molar-refractivity contribution >= 4 is 33.5 Å². The number of carboxylic acids is 1. The van der Waals surface area contributed by atoms with Crippen molar-refractivity contribution in [1.29, 1.82) is 0 Å². The van der Waals surface area contributed by atoms with Crippen LogP contribution in [0.1, 0.15) is 55.6 Å². The van der Waals surface area contributed by atoms with E-state index >= 15 is 0 Å². The van der Waals surface area contributed by atoms with Gasteiger partial charge in [-0.15, -0.1) is 0 Å². The molecule has 5 rings (SSSR count). The van der Waals surface area contributed by atoms with E-state index in [9.17, 15) is 19.5 Å². The first-order valence-corrected chi connectivity index (χ1v) is 12.7. The summed E-state index contributed by atoms with van der Waals surface area (Å²) in [7, 11) is 0. The van der Waals surface area contributed by atoms with Crippen LogP contribution in [-0.2, 0) is 21.0 Å². The van der Waals surface area contributed by atoms with Crippen molar-refractivity contribution in [2.45, 2.75) is 51.0 Å². The third-order valence-corrected chi connectivity index (χ3v) is 7.39. The first kappa shape index (κ1) is 23.5. The highest BCUT2D eigenvalue weighted by atomic mass is 79.9. The van der Waals surface area contributed by atoms with E-state index in [0.717, 1.165) is 15.6 Å². The number of rotatable bonds is 6. The molecule has 7 heteroatoms. The van der Waals surface area contributed by atoms with Gasteiger partial charge in [0.1, 0.15) is 12.4 Å². The van der Waals surface area contributed by atoms with Crippen LogP contribution in [-0.4, -0.2) is 29.0 Å². The molecule has 2 aliphatic carbocycles. The van der Waals surface area contributed by atoms with E-state index in [1.54, 1.807) is 4.90 Å². The lowest BCUT2D eigenvalue weighted by Crippen LogP contribution is -2.44. The second-order valence-corrected chi connectivity index (χ2v) is 10.0. The highest BCUT2D eigenvalue weighted by molar-refractivity contribution is 9.10. The van der Waals surface area contributed by atoms with Crippen LogP contribution in [0.4, 0.5) is 0 Å². The lowest BCUT2D eigenvalue weighted by atomic mass is 9.70. The van der Waals surface area contributed by atoms with E-state index in [4.69, 9.17) is 4.74 Å². The topological polar surface area (TPSA) is 86.7 Å². The molecule has 2 aromatic carbocycles. The maximum absolute atomic E-state index is 13.4. The number of halogens is 1. The van der Waals surface area contributed by atoms with Gasteiger partial charge in [-0.05, 0) is 49.4 Å². The monoisotopic (exact) mass is 534 g/mol. The number of carbonyl (C=O) groups is 3. The Morgan fingerprint density at radius 1 is 0.943 bits per heavy atom. The zero-order valence-electron chi connectivity index (χ0n) is 19.2. The number of carboxylic acid groups (broad SMARTS) is 1. The van der Waals surface area contributed by atoms with Crippen LogP contribution in [0.2, 0.25) is 0 Å². The molecule has 0 radical (unpaired) electrons. The molecule has 0 atom stereocenters. The predicted octanol–water partition coefficient (Wildman–Crippen LogP) is 4.19. The fourth-order valence-corrected chi connectivity index (χ4v) is 5.84. The first-order valence-electron chi connectivity index (χ1n) is 11.9. The molecule has 0 bridgehead atoms. The molecule has 35 heavy (non-hydrogen) atoms. The molecule has 3 aliphatic rings. The number of carbonyl (C=O) groups excluding carboxylic acids is 3. The highest BCUT2D eigenvalue weighted by Crippen LogP contribution is 2.51. The summed E-state index contributed by atoms with van der Waals surface area (Å²) in [6.07, 6.45) is 3.23. The molecule has 0 saturated heterocycles. The van der Waals surface area contributed by atoms with Crippen molar-refractivity contribution in [2.75, 3.05) is 6.54 Å². The third kappa shape index (κ3) is 4.57. The van der Waals surface area contributed by atoms with Crippen LogP contribution in [0.3, 0.4) is 0 Å². The largest absolute Gasteiger partial charge is 0.548 e. The predicted molar refractivity (Wildman–Crippen MR) is 131 cm³/mol. The summed E-state index contributed by atoms with van der Waals surface area (Å²) in [5, 5.41) is 11.7. The summed E-state index contributed by atoms with van der Waals surface area (Å²) < 4.78 is 7.06. The molecule has 1 heterocycles. The zero-order valence-corrected chi connectivity index (χ0v) is 20.8. The van der Waals surface area contributed by atoms with Crippen molar-refractivity contribution < 1.29 is 24.2 Å². The van der Waals surface area contributed by atoms with Gasteiger partial charge in [0.2, 0.25) is 0 Å². The Morgan fingerprint density at radius 3 is 2.17 bits per heavy atom. The Hall–Kier alpha value is -3.19. The summed E-state index contributed by atoms with van der Waals surface area (Å²) in [6, 6.07) is 15.5. The number of ether oxygens (including phenoxy) is 1. The molecule has 0 amide bonds. The molecule has 1 aliphatic heterocycles. The molecule has 180 valence electrons. The lowest BCUT2D eigenvalue weighted by Gasteiger charge is -2.44. The second kappa shape index (κ2) is 9.82. The molecule has 6 nitrogen and oxygen atoms in total. The summed E-state index contributed by atoms with van der Waals surface area (Å²) >= 11 is 3.56. The molecule has 0 saturated carbocycles. The third-order valence-electron chi connectivity index (χ3n) is 6.89. The van der Waals surface area contributed by atoms with Crippen LogP contribution >= 0.6 is 15.9 Å². The van der Waals surface area contributed by atoms with Crippen molar-refractivity contribution in [2.24, 2.45) is 0 Å². The normalized spacial score (nSPS) is 18.5. The SMILES string of the molecule is O=C([O-])CN1C2=C(C(=O)CCC2)C(c2cc(Br)ccc2OCc2ccccc2)C2=C1CCCC2=O. The number of hydrogen-bond acceptors (Lipinski definition) is 6. The van der Waals surface area contributed by atoms with Gasteiger partial charge in [0.15, 0.2) is 11.6 Å². The highest BCUT2D eigenvalue weighted by Gasteiger charge is 2.44. The molecule has 0 fully saturated rings. The molecule has 0 spiro atoms. The quantitative estimate of drug-likeness (QED) is 0.552. The smallest absolute Gasteiger partial charge is 0.161 e. The number of nitrogens with zero attached hydrogens (tertiary/aromatic N) is 1. The number of allylic oxidation sites excluding steroid dienone is 4. The molecular formula is C28H25BrNO5-. The van der Waals surface area contributed by atoms with Crippen LogP contribution in [0.15, 0.2) is 75.5 Å². The average molecular weight is 535 g/mol. The van der Waals surface area contributed by atoms with Gasteiger partial charge in [-0.3, -0.25) is 9.59 Å². The van der Waals surface area contributed by atoms with E-state index in [0.29, 0.717) is 73.4 Å². The van der Waals surface area contributed by atoms with E-state index < -0.39 is 11.9 Å². The van der Waals surface area contributed by atoms with Crippen molar-refractivity contribution in [3.63, 3.8) is 0 Å². The Kier molecular flexibility index (Phi) is 6.60. The molecule has 0 aromatic heterocycles. The molecule has 2 aromatic rings. The molecule has 0 unspecified atom stereocenters. The van der Waals surface area contributed by atoms with Gasteiger partial charge in [0, 0.05) is 51.3 Å². The van der Waals surface area contributed by atoms with Crippen molar-refractivity contribution in [1.82, 2.24) is 4.90 Å². The summed E-state index contributed by atoms with van der Waals surface area (Å²) in [4.78, 5) is 40.1. The van der Waals surface area contributed by atoms with Crippen LogP contribution in [0, 0.1) is 0 Å². The van der Waals surface area contributed by atoms with Crippen LogP contribution in [0.5, 0.6) is 5.75 Å². The lowest BCUT2D eigenvalue weighted by molar-refractivity contribution is -0.305. The van der Waals surface area contributed by atoms with Gasteiger partial charge < -0.3 is 19.5 Å². The van der Waals surface area contributed by atoms with Crippen molar-refractivity contribution in [3.8, 4) is 5.75 Å². The molecular weight excluding hydrogens is 510 g/mol. The summed E-state index contributed by atoms with van der Waals surface area (Å²) in [5.74, 6) is -1.29. The Labute approximate surface area is 212 Å². The number of ketones is 2. The van der Waals surface area contributed by atoms with E-state index in [2.05, 4.69) is 15.9 Å². The van der Waals surface area contributed by atoms with Gasteiger partial charge >= 0.3 is 0 Å². The Balaban J connectivity index is 1.67. The Morgan fingerprint density at radius 2 is 1.57 bits per heavy atom. The van der Waals surface area contributed by atoms with E-state index in [1.165, 1.54) is 0 Å². The van der Waals surface area contributed by atoms with E-state index in [1.807, 2.05) is 48.5 Å². The fourth-order valence-electron chi connectivity index (χ4n) is 5.46. The first-order chi connectivity index (χ1) is 16.9. The standard InChI is InChI=1S/C28H26BrNO5/c29-18-12-13-24(35-16-17-6-2-1-3-7-17)19(14-18)26-27-20(8-4-10-22(27)31)30(15-25(33)34)21-9-5-11-23(32)28(21)26/h1-3,6-7,12-14,26H,4-5,8-11,15-16H2,(H,33,34)/p-1. The number of benzene rings is 2. The minimum absolute atomic E-state index is 0.0430. The van der Waals surface area contributed by atoms with Crippen LogP contribution in [0.25, 0.3) is 0 Å². The van der Waals surface area contributed by atoms with Gasteiger partial charge in [-0.25, -0.2) is 0 Å². The number of hydrogen-bond donors (Lipinski definition) is 0. The zero-order chi connectivity index (χ0) is 24.5. The van der Waals surface area contributed by atoms with Crippen LogP contribution < -0.4 is 9.84 Å². The Bertz CT molecular complexity index is 1220. The van der Waals surface area contributed by atoms with Gasteiger partial charge in [0.05, 0.1) is 12.5 Å². The van der Waals surface area contributed by atoms with E-state index in [-0.39, 0.29) is 18.1 Å². The summed E-state index contributed by atoms with van der Waals surface area (Å²) in [6.45, 7) is -0.0144. The minimum atomic E-state index is -1.23. The fraction of sp³-hybridized carbons (Fsp3) is 0.321. The minimum Gasteiger partial charge on any atom is -0.548 e. The maximum atomic E-state index is 13.4. The second-order valence-electron chi connectivity index (χ2n) is 9.12. The van der Waals surface area contributed by atoms with Gasteiger partial charge in [0.25, 0.3) is 0 Å². The van der Waals surface area contributed by atoms with Gasteiger partial charge in [-0.1, -0.05) is 46.3 Å². The van der Waals surface area contributed by atoms with Crippen molar-refractivity contribution in [3.05, 3.63) is 86.7 Å². The van der Waals surface area contributed by atoms with Gasteiger partial charge in [-0.2, -0.15) is 0 Å². The average Bonchev–Trinajstić information content (AvgIpc) is 2.84. The number of Topliss-reactive ketones (excluding diaryl/α,β-unsaturated/α-hetero) is 2. The maximum Gasteiger partial charge on any atom is 0.161 e. The number of aliphatic carboxylic acids is 1. The molecule has 0 N–H and O–H groups in total.